The maximum absolute atomic E-state index is 4.39. The first-order chi connectivity index (χ1) is 10.9. The van der Waals surface area contributed by atoms with E-state index in [2.05, 4.69) is 93.6 Å². The summed E-state index contributed by atoms with van der Waals surface area (Å²) in [5.74, 6) is 0.842. The maximum Gasteiger partial charge on any atom is 0.325 e. The van der Waals surface area contributed by atoms with Crippen LogP contribution in [0, 0.1) is 0 Å². The summed E-state index contributed by atoms with van der Waals surface area (Å²) in [6.45, 7) is 11.9. The quantitative estimate of drug-likeness (QED) is 0.853. The highest BCUT2D eigenvalue weighted by Gasteiger charge is 2.46. The molecule has 9 heteroatoms. The zero-order valence-corrected chi connectivity index (χ0v) is 15.6. The Morgan fingerprint density at radius 1 is 1.04 bits per heavy atom. The lowest BCUT2D eigenvalue weighted by atomic mass is 9.58. The highest BCUT2D eigenvalue weighted by Crippen LogP contribution is 2.29. The second kappa shape index (κ2) is 6.05. The topological polar surface area (TPSA) is 51.3 Å². The monoisotopic (exact) mass is 325 g/mol. The molecule has 0 unspecified atom stereocenters. The Morgan fingerprint density at radius 3 is 2.26 bits per heavy atom. The number of hydrogen-bond acceptors (Lipinski definition) is 5. The summed E-state index contributed by atoms with van der Waals surface area (Å²) in [4.78, 5) is 4.39. The van der Waals surface area contributed by atoms with E-state index in [0.29, 0.717) is 6.98 Å². The predicted molar refractivity (Wildman–Crippen MR) is 99.8 cm³/mol. The molecule has 1 radical (unpaired) electrons. The largest absolute Gasteiger partial charge is 0.416 e. The number of aromatic nitrogens is 3. The minimum atomic E-state index is -0.126. The van der Waals surface area contributed by atoms with E-state index in [4.69, 9.17) is 0 Å². The molecule has 1 aromatic carbocycles. The van der Waals surface area contributed by atoms with Gasteiger partial charge in [-0.1, -0.05) is 31.8 Å². The maximum atomic E-state index is 4.39. The number of benzene rings is 1. The van der Waals surface area contributed by atoms with Crippen molar-refractivity contribution in [2.75, 3.05) is 8.95 Å². The smallest absolute Gasteiger partial charge is 0.325 e. The van der Waals surface area contributed by atoms with E-state index in [-0.39, 0.29) is 22.4 Å². The number of H-pyrrole nitrogens is 1. The number of para-hydroxylation sites is 1. The summed E-state index contributed by atoms with van der Waals surface area (Å²) >= 11 is 0. The molecule has 6 nitrogen and oxygen atoms in total. The van der Waals surface area contributed by atoms with Gasteiger partial charge in [0.25, 0.3) is 9.84 Å². The van der Waals surface area contributed by atoms with Crippen LogP contribution in [0.1, 0.15) is 20.8 Å². The second-order valence-electron chi connectivity index (χ2n) is 6.92. The van der Waals surface area contributed by atoms with Crippen molar-refractivity contribution < 1.29 is 0 Å². The molecule has 1 aliphatic heterocycles. The molecule has 119 valence electrons. The Balaban J connectivity index is 2.01. The van der Waals surface area contributed by atoms with Crippen molar-refractivity contribution in [3.8, 4) is 0 Å². The Labute approximate surface area is 141 Å². The van der Waals surface area contributed by atoms with Crippen LogP contribution in [0.5, 0.6) is 0 Å². The molecule has 0 bridgehead atoms. The molecule has 0 saturated carbocycles. The SMILES string of the molecule is CB1N(c2ccccc2)[SiH]N(c2ncn[nH]2)B(C)N1C(C)(C)C. The van der Waals surface area contributed by atoms with Gasteiger partial charge in [0.15, 0.2) is 0 Å². The van der Waals surface area contributed by atoms with Crippen LogP contribution in [0.3, 0.4) is 0 Å². The van der Waals surface area contributed by atoms with Crippen LogP contribution in [0.25, 0.3) is 0 Å². The summed E-state index contributed by atoms with van der Waals surface area (Å²) in [6, 6.07) is 10.6. The van der Waals surface area contributed by atoms with Gasteiger partial charge in [-0.3, -0.25) is 0 Å². The Bertz CT molecular complexity index is 632. The number of aromatic amines is 1. The first-order valence-electron chi connectivity index (χ1n) is 8.00. The van der Waals surface area contributed by atoms with Crippen LogP contribution in [0.15, 0.2) is 36.7 Å². The van der Waals surface area contributed by atoms with Crippen molar-refractivity contribution in [2.24, 2.45) is 0 Å². The molecule has 1 fully saturated rings. The molecule has 1 aliphatic rings. The van der Waals surface area contributed by atoms with Crippen molar-refractivity contribution in [3.63, 3.8) is 0 Å². The Morgan fingerprint density at radius 2 is 1.70 bits per heavy atom. The number of hydrogen-bond donors (Lipinski definition) is 1. The third-order valence-corrected chi connectivity index (χ3v) is 6.24. The van der Waals surface area contributed by atoms with Gasteiger partial charge in [0.1, 0.15) is 6.33 Å². The first-order valence-corrected chi connectivity index (χ1v) is 9.03. The van der Waals surface area contributed by atoms with Gasteiger partial charge in [-0.15, -0.1) is 0 Å². The lowest BCUT2D eigenvalue weighted by Crippen LogP contribution is -2.75. The molecular formula is C14H23B2N6Si. The van der Waals surface area contributed by atoms with Gasteiger partial charge in [-0.2, -0.15) is 5.10 Å². The minimum absolute atomic E-state index is 0.0456. The molecule has 2 heterocycles. The van der Waals surface area contributed by atoms with Crippen molar-refractivity contribution in [1.82, 2.24) is 19.9 Å². The minimum Gasteiger partial charge on any atom is -0.416 e. The zero-order valence-electron chi connectivity index (χ0n) is 14.4. The molecule has 1 aromatic heterocycles. The molecule has 2 aromatic rings. The second-order valence-corrected chi connectivity index (χ2v) is 8.26. The van der Waals surface area contributed by atoms with Gasteiger partial charge in [-0.05, 0) is 38.4 Å². The fourth-order valence-electron chi connectivity index (χ4n) is 3.47. The van der Waals surface area contributed by atoms with Crippen molar-refractivity contribution >= 4 is 35.4 Å². The Hall–Kier alpha value is -1.73. The average molecular weight is 325 g/mol. The number of rotatable bonds is 2. The molecule has 1 N–H and O–H groups in total. The normalized spacial score (nSPS) is 17.1. The van der Waals surface area contributed by atoms with Crippen molar-refractivity contribution in [1.29, 1.82) is 0 Å². The summed E-state index contributed by atoms with van der Waals surface area (Å²) in [7, 11) is -0.126. The lowest BCUT2D eigenvalue weighted by molar-refractivity contribution is 0.360. The molecule has 0 amide bonds. The molecule has 0 aliphatic carbocycles. The van der Waals surface area contributed by atoms with E-state index in [1.807, 2.05) is 0 Å². The van der Waals surface area contributed by atoms with Crippen LogP contribution in [0.2, 0.25) is 13.6 Å². The Kier molecular flexibility index (Phi) is 4.24. The van der Waals surface area contributed by atoms with Crippen LogP contribution in [0.4, 0.5) is 11.6 Å². The van der Waals surface area contributed by atoms with Gasteiger partial charge >= 0.3 is 14.0 Å². The molecule has 3 rings (SSSR count). The van der Waals surface area contributed by atoms with Gasteiger partial charge in [0, 0.05) is 5.69 Å². The predicted octanol–water partition coefficient (Wildman–Crippen LogP) is 1.73. The van der Waals surface area contributed by atoms with Crippen molar-refractivity contribution in [2.45, 2.75) is 40.0 Å². The van der Waals surface area contributed by atoms with Gasteiger partial charge < -0.3 is 13.7 Å². The molecule has 1 saturated heterocycles. The summed E-state index contributed by atoms with van der Waals surface area (Å²) in [5.41, 5.74) is 1.30. The van der Waals surface area contributed by atoms with E-state index in [9.17, 15) is 0 Å². The standard InChI is InChI=1S/C14H23B2N6Si/c1-14(2,3)22-15(4)20(12-9-7-6-8-10-12)23-21(16(22)5)13-17-11-18-19-13/h6-11,23H,1-5H3,(H,17,18,19). The third kappa shape index (κ3) is 3.03. The van der Waals surface area contributed by atoms with E-state index < -0.39 is 0 Å². The average Bonchev–Trinajstić information content (AvgIpc) is 3.01. The number of nitrogens with zero attached hydrogens (tertiary/aromatic N) is 5. The van der Waals surface area contributed by atoms with Crippen LogP contribution in [-0.2, 0) is 0 Å². The van der Waals surface area contributed by atoms with Gasteiger partial charge in [0.05, 0.1) is 0 Å². The van der Waals surface area contributed by atoms with Gasteiger partial charge in [-0.25, -0.2) is 10.1 Å². The zero-order chi connectivity index (χ0) is 16.6. The first kappa shape index (κ1) is 16.1. The molecule has 0 spiro atoms. The fraction of sp³-hybridized carbons (Fsp3) is 0.429. The fourth-order valence-corrected chi connectivity index (χ4v) is 4.95. The molecule has 0 atom stereocenters. The van der Waals surface area contributed by atoms with Crippen molar-refractivity contribution in [3.05, 3.63) is 36.7 Å². The third-order valence-electron chi connectivity index (χ3n) is 4.33. The lowest BCUT2D eigenvalue weighted by Gasteiger charge is -2.54. The summed E-state index contributed by atoms with van der Waals surface area (Å²) in [5, 5.41) is 7.06. The highest BCUT2D eigenvalue weighted by molar-refractivity contribution is 6.92. The van der Waals surface area contributed by atoms with E-state index in [1.165, 1.54) is 5.69 Å². The van der Waals surface area contributed by atoms with Crippen LogP contribution >= 0.6 is 0 Å². The number of anilines is 2. The molecule has 23 heavy (non-hydrogen) atoms. The highest BCUT2D eigenvalue weighted by atomic mass is 28.2. The van der Waals surface area contributed by atoms with E-state index >= 15 is 0 Å². The van der Waals surface area contributed by atoms with Crippen LogP contribution < -0.4 is 8.95 Å². The van der Waals surface area contributed by atoms with Gasteiger partial charge in [0.2, 0.25) is 5.95 Å². The number of nitrogens with one attached hydrogen (secondary N) is 1. The summed E-state index contributed by atoms with van der Waals surface area (Å²) < 4.78 is 7.35. The summed E-state index contributed by atoms with van der Waals surface area (Å²) in [6.07, 6.45) is 1.58. The molecular weight excluding hydrogens is 302 g/mol. The van der Waals surface area contributed by atoms with E-state index in [1.54, 1.807) is 6.33 Å². The van der Waals surface area contributed by atoms with Crippen LogP contribution in [-0.4, -0.2) is 49.3 Å². The van der Waals surface area contributed by atoms with E-state index in [0.717, 1.165) is 5.95 Å².